The Hall–Kier alpha value is -2.73. The van der Waals surface area contributed by atoms with Crippen LogP contribution >= 0.6 is 0 Å². The fraction of sp³-hybridized carbons (Fsp3) is 0.316. The molecule has 2 atom stereocenters. The van der Waals surface area contributed by atoms with Gasteiger partial charge in [0.25, 0.3) is 5.91 Å². The zero-order chi connectivity index (χ0) is 18.0. The summed E-state index contributed by atoms with van der Waals surface area (Å²) in [5.41, 5.74) is 2.97. The highest BCUT2D eigenvalue weighted by Crippen LogP contribution is 2.30. The van der Waals surface area contributed by atoms with Crippen molar-refractivity contribution in [1.82, 2.24) is 9.88 Å². The number of nitrogens with zero attached hydrogens (tertiary/aromatic N) is 2. The quantitative estimate of drug-likeness (QED) is 0.931. The van der Waals surface area contributed by atoms with Gasteiger partial charge in [0.05, 0.1) is 6.04 Å². The molecule has 1 aromatic heterocycles. The van der Waals surface area contributed by atoms with Crippen LogP contribution in [-0.2, 0) is 14.3 Å². The summed E-state index contributed by atoms with van der Waals surface area (Å²) in [6.45, 7) is 3.80. The van der Waals surface area contributed by atoms with Gasteiger partial charge >= 0.3 is 0 Å². The number of aromatic nitrogens is 1. The summed E-state index contributed by atoms with van der Waals surface area (Å²) < 4.78 is 5.59. The monoisotopic (exact) mass is 339 g/mol. The average Bonchev–Trinajstić information content (AvgIpc) is 2.58. The van der Waals surface area contributed by atoms with Crippen LogP contribution in [0, 0.1) is 13.8 Å². The maximum absolute atomic E-state index is 12.8. The van der Waals surface area contributed by atoms with E-state index >= 15 is 0 Å². The molecular formula is C19H21N3O3. The molecule has 1 fully saturated rings. The van der Waals surface area contributed by atoms with Crippen molar-refractivity contribution in [2.75, 3.05) is 19.0 Å². The number of hydrogen-bond acceptors (Lipinski definition) is 4. The van der Waals surface area contributed by atoms with Gasteiger partial charge in [-0.25, -0.2) is 4.98 Å². The number of anilines is 1. The van der Waals surface area contributed by atoms with Crippen molar-refractivity contribution in [3.8, 4) is 0 Å². The van der Waals surface area contributed by atoms with E-state index in [1.165, 1.54) is 0 Å². The molecule has 2 amide bonds. The first kappa shape index (κ1) is 17.1. The molecular weight excluding hydrogens is 318 g/mol. The standard InChI is InChI=1S/C19H21N3O3/c1-12-4-6-14(7-5-12)17-18(25-11-16(23)22(17)3)19(24)21-15-10-13(2)8-9-20-15/h4-10,17-18H,11H2,1-3H3,(H,20,21,24)/t17-,18-/m0/s1. The Bertz CT molecular complexity index is 789. The number of likely N-dealkylation sites (N-methyl/N-ethyl adjacent to an activating group) is 1. The van der Waals surface area contributed by atoms with E-state index in [1.54, 1.807) is 24.2 Å². The number of nitrogens with one attached hydrogen (secondary N) is 1. The van der Waals surface area contributed by atoms with Gasteiger partial charge in [0.15, 0.2) is 6.10 Å². The highest BCUT2D eigenvalue weighted by Gasteiger charge is 2.40. The summed E-state index contributed by atoms with van der Waals surface area (Å²) in [6.07, 6.45) is 0.840. The fourth-order valence-corrected chi connectivity index (χ4v) is 2.90. The summed E-state index contributed by atoms with van der Waals surface area (Å²) in [5, 5.41) is 2.79. The van der Waals surface area contributed by atoms with Crippen LogP contribution < -0.4 is 5.32 Å². The Balaban J connectivity index is 1.87. The molecule has 0 spiro atoms. The predicted molar refractivity (Wildman–Crippen MR) is 94.0 cm³/mol. The van der Waals surface area contributed by atoms with E-state index in [9.17, 15) is 9.59 Å². The molecule has 1 saturated heterocycles. The van der Waals surface area contributed by atoms with Crippen molar-refractivity contribution < 1.29 is 14.3 Å². The maximum atomic E-state index is 12.8. The zero-order valence-corrected chi connectivity index (χ0v) is 14.5. The molecule has 130 valence electrons. The lowest BCUT2D eigenvalue weighted by atomic mass is 9.96. The number of pyridine rings is 1. The van der Waals surface area contributed by atoms with Gasteiger partial charge in [-0.1, -0.05) is 29.8 Å². The van der Waals surface area contributed by atoms with Crippen molar-refractivity contribution in [3.63, 3.8) is 0 Å². The van der Waals surface area contributed by atoms with E-state index < -0.39 is 12.1 Å². The highest BCUT2D eigenvalue weighted by atomic mass is 16.5. The normalized spacial score (nSPS) is 20.4. The Kier molecular flexibility index (Phi) is 4.81. The molecule has 25 heavy (non-hydrogen) atoms. The van der Waals surface area contributed by atoms with Crippen molar-refractivity contribution >= 4 is 17.6 Å². The van der Waals surface area contributed by atoms with Gasteiger partial charge in [-0.05, 0) is 37.1 Å². The predicted octanol–water partition coefficient (Wildman–Crippen LogP) is 2.24. The van der Waals surface area contributed by atoms with Gasteiger partial charge in [0.2, 0.25) is 5.91 Å². The lowest BCUT2D eigenvalue weighted by Crippen LogP contribution is -2.51. The van der Waals surface area contributed by atoms with Gasteiger partial charge in [0, 0.05) is 13.2 Å². The van der Waals surface area contributed by atoms with Gasteiger partial charge in [0.1, 0.15) is 12.4 Å². The molecule has 2 aromatic rings. The van der Waals surface area contributed by atoms with Crippen molar-refractivity contribution in [2.24, 2.45) is 0 Å². The number of rotatable bonds is 3. The van der Waals surface area contributed by atoms with Crippen LogP contribution in [0.15, 0.2) is 42.6 Å². The summed E-state index contributed by atoms with van der Waals surface area (Å²) >= 11 is 0. The molecule has 3 rings (SSSR count). The largest absolute Gasteiger partial charge is 0.356 e. The highest BCUT2D eigenvalue weighted by molar-refractivity contribution is 5.95. The molecule has 0 saturated carbocycles. The SMILES string of the molecule is Cc1ccc([C@H]2[C@@H](C(=O)Nc3cc(C)ccn3)OCC(=O)N2C)cc1. The van der Waals surface area contributed by atoms with Gasteiger partial charge in [-0.2, -0.15) is 0 Å². The topological polar surface area (TPSA) is 71.5 Å². The second-order valence-electron chi connectivity index (χ2n) is 6.30. The Labute approximate surface area is 146 Å². The van der Waals surface area contributed by atoms with E-state index in [4.69, 9.17) is 4.74 Å². The number of morpholine rings is 1. The first-order valence-electron chi connectivity index (χ1n) is 8.13. The number of amides is 2. The second kappa shape index (κ2) is 7.03. The first-order valence-corrected chi connectivity index (χ1v) is 8.13. The minimum absolute atomic E-state index is 0.113. The molecule has 1 aliphatic heterocycles. The van der Waals surface area contributed by atoms with Gasteiger partial charge in [-0.15, -0.1) is 0 Å². The number of benzene rings is 1. The molecule has 0 aliphatic carbocycles. The first-order chi connectivity index (χ1) is 12.0. The van der Waals surface area contributed by atoms with Crippen LogP contribution in [0.4, 0.5) is 5.82 Å². The lowest BCUT2D eigenvalue weighted by Gasteiger charge is -2.38. The second-order valence-corrected chi connectivity index (χ2v) is 6.30. The average molecular weight is 339 g/mol. The molecule has 1 aliphatic rings. The van der Waals surface area contributed by atoms with Gasteiger partial charge in [-0.3, -0.25) is 9.59 Å². The van der Waals surface area contributed by atoms with E-state index in [-0.39, 0.29) is 18.4 Å². The minimum atomic E-state index is -0.798. The fourth-order valence-electron chi connectivity index (χ4n) is 2.90. The Morgan fingerprint density at radius 3 is 2.60 bits per heavy atom. The van der Waals surface area contributed by atoms with Gasteiger partial charge < -0.3 is 15.0 Å². The molecule has 1 N–H and O–H groups in total. The number of carbonyl (C=O) groups is 2. The molecule has 0 radical (unpaired) electrons. The molecule has 1 aromatic carbocycles. The zero-order valence-electron chi connectivity index (χ0n) is 14.5. The van der Waals surface area contributed by atoms with Crippen LogP contribution in [0.1, 0.15) is 22.7 Å². The number of ether oxygens (including phenoxy) is 1. The van der Waals surface area contributed by atoms with Crippen molar-refractivity contribution in [3.05, 3.63) is 59.3 Å². The van der Waals surface area contributed by atoms with Crippen LogP contribution in [0.5, 0.6) is 0 Å². The number of aryl methyl sites for hydroxylation is 2. The van der Waals surface area contributed by atoms with E-state index in [0.717, 1.165) is 16.7 Å². The van der Waals surface area contributed by atoms with E-state index in [0.29, 0.717) is 5.82 Å². The third kappa shape index (κ3) is 3.69. The summed E-state index contributed by atoms with van der Waals surface area (Å²) in [4.78, 5) is 30.6. The van der Waals surface area contributed by atoms with Crippen LogP contribution in [0.3, 0.4) is 0 Å². The summed E-state index contributed by atoms with van der Waals surface area (Å²) in [7, 11) is 1.70. The molecule has 0 bridgehead atoms. The van der Waals surface area contributed by atoms with E-state index in [1.807, 2.05) is 44.2 Å². The van der Waals surface area contributed by atoms with Crippen LogP contribution in [0.2, 0.25) is 0 Å². The number of carbonyl (C=O) groups excluding carboxylic acids is 2. The number of hydrogen-bond donors (Lipinski definition) is 1. The maximum Gasteiger partial charge on any atom is 0.257 e. The summed E-state index contributed by atoms with van der Waals surface area (Å²) in [5.74, 6) is 0.00198. The van der Waals surface area contributed by atoms with Crippen molar-refractivity contribution in [1.29, 1.82) is 0 Å². The minimum Gasteiger partial charge on any atom is -0.356 e. The van der Waals surface area contributed by atoms with Crippen LogP contribution in [-0.4, -0.2) is 41.5 Å². The van der Waals surface area contributed by atoms with E-state index in [2.05, 4.69) is 10.3 Å². The third-order valence-electron chi connectivity index (χ3n) is 4.33. The molecule has 0 unspecified atom stereocenters. The van der Waals surface area contributed by atoms with Crippen molar-refractivity contribution in [2.45, 2.75) is 26.0 Å². The Morgan fingerprint density at radius 1 is 1.20 bits per heavy atom. The molecule has 6 nitrogen and oxygen atoms in total. The third-order valence-corrected chi connectivity index (χ3v) is 4.33. The Morgan fingerprint density at radius 2 is 1.92 bits per heavy atom. The van der Waals surface area contributed by atoms with Crippen LogP contribution in [0.25, 0.3) is 0 Å². The summed E-state index contributed by atoms with van der Waals surface area (Å²) in [6, 6.07) is 10.9. The lowest BCUT2D eigenvalue weighted by molar-refractivity contribution is -0.160. The molecule has 6 heteroatoms. The molecule has 2 heterocycles. The smallest absolute Gasteiger partial charge is 0.257 e.